The summed E-state index contributed by atoms with van der Waals surface area (Å²) in [5.74, 6) is -0.0126. The van der Waals surface area contributed by atoms with E-state index < -0.39 is 0 Å². The summed E-state index contributed by atoms with van der Waals surface area (Å²) in [5, 5.41) is 0. The van der Waals surface area contributed by atoms with E-state index in [9.17, 15) is 9.59 Å². The van der Waals surface area contributed by atoms with Crippen molar-refractivity contribution in [2.45, 2.75) is 33.1 Å². The van der Waals surface area contributed by atoms with Crippen molar-refractivity contribution in [2.75, 3.05) is 5.43 Å². The molecule has 2 N–H and O–H groups in total. The molecule has 1 aromatic heterocycles. The van der Waals surface area contributed by atoms with Crippen LogP contribution >= 0.6 is 0 Å². The van der Waals surface area contributed by atoms with Gasteiger partial charge in [0.15, 0.2) is 11.6 Å². The van der Waals surface area contributed by atoms with E-state index in [4.69, 9.17) is 0 Å². The molecule has 0 saturated heterocycles. The Morgan fingerprint density at radius 1 is 1.04 bits per heavy atom. The molecule has 1 aliphatic carbocycles. The van der Waals surface area contributed by atoms with Gasteiger partial charge in [-0.05, 0) is 24.0 Å². The van der Waals surface area contributed by atoms with Crippen LogP contribution in [0.4, 0.5) is 5.69 Å². The van der Waals surface area contributed by atoms with Crippen LogP contribution in [0.2, 0.25) is 0 Å². The zero-order valence-electron chi connectivity index (χ0n) is 15.1. The second-order valence-electron chi connectivity index (χ2n) is 7.35. The van der Waals surface area contributed by atoms with E-state index in [2.05, 4.69) is 29.7 Å². The fraction of sp³-hybridized carbons (Fsp3) is 0.286. The number of nitrogens with one attached hydrogen (secondary N) is 2. The van der Waals surface area contributed by atoms with E-state index in [1.54, 1.807) is 24.5 Å². The number of Topliss-reactive ketones (excluding diaryl/α,β-unsaturated/α-hetero) is 2. The summed E-state index contributed by atoms with van der Waals surface area (Å²) in [6.07, 6.45) is 4.64. The molecule has 5 heteroatoms. The Kier molecular flexibility index (Phi) is 5.16. The van der Waals surface area contributed by atoms with Crippen LogP contribution in [0.5, 0.6) is 0 Å². The first-order chi connectivity index (χ1) is 12.4. The van der Waals surface area contributed by atoms with Crippen molar-refractivity contribution in [3.05, 3.63) is 71.7 Å². The first-order valence-electron chi connectivity index (χ1n) is 8.70. The number of nitrogens with zero attached hydrogens (tertiary/aromatic N) is 1. The highest BCUT2D eigenvalue weighted by Crippen LogP contribution is 2.37. The molecule has 0 unspecified atom stereocenters. The van der Waals surface area contributed by atoms with E-state index in [1.807, 2.05) is 30.3 Å². The van der Waals surface area contributed by atoms with Gasteiger partial charge in [-0.15, -0.1) is 0 Å². The number of ketones is 2. The van der Waals surface area contributed by atoms with Crippen molar-refractivity contribution in [1.29, 1.82) is 0 Å². The van der Waals surface area contributed by atoms with Crippen LogP contribution in [0.15, 0.2) is 66.1 Å². The second kappa shape index (κ2) is 7.52. The van der Waals surface area contributed by atoms with Crippen LogP contribution in [-0.2, 0) is 4.79 Å². The Balaban J connectivity index is 1.83. The molecule has 0 fully saturated rings. The van der Waals surface area contributed by atoms with E-state index in [-0.39, 0.29) is 23.4 Å². The quantitative estimate of drug-likeness (QED) is 0.611. The Bertz CT molecular complexity index is 827. The molecule has 26 heavy (non-hydrogen) atoms. The molecule has 5 nitrogen and oxygen atoms in total. The van der Waals surface area contributed by atoms with Crippen molar-refractivity contribution >= 4 is 17.3 Å². The molecular weight excluding hydrogens is 326 g/mol. The summed E-state index contributed by atoms with van der Waals surface area (Å²) >= 11 is 0. The number of hydrogen-bond donors (Lipinski definition) is 2. The minimum Gasteiger partial charge on any atom is -0.305 e. The van der Waals surface area contributed by atoms with Gasteiger partial charge in [-0.25, -0.2) is 0 Å². The summed E-state index contributed by atoms with van der Waals surface area (Å²) in [4.78, 5) is 29.3. The molecule has 0 saturated carbocycles. The maximum atomic E-state index is 12.7. The number of benzene rings is 1. The van der Waals surface area contributed by atoms with Gasteiger partial charge < -0.3 is 10.9 Å². The van der Waals surface area contributed by atoms with Gasteiger partial charge in [-0.3, -0.25) is 14.6 Å². The van der Waals surface area contributed by atoms with E-state index >= 15 is 0 Å². The smallest absolute Gasteiger partial charge is 0.167 e. The van der Waals surface area contributed by atoms with E-state index in [1.165, 1.54) is 0 Å². The highest BCUT2D eigenvalue weighted by molar-refractivity contribution is 6.06. The molecule has 1 heterocycles. The largest absolute Gasteiger partial charge is 0.305 e. The zero-order valence-corrected chi connectivity index (χ0v) is 15.1. The number of allylic oxidation sites excluding steroid dienone is 2. The van der Waals surface area contributed by atoms with Gasteiger partial charge in [0.05, 0.1) is 5.69 Å². The molecule has 134 valence electrons. The summed E-state index contributed by atoms with van der Waals surface area (Å²) in [6, 6.07) is 12.8. The topological polar surface area (TPSA) is 71.1 Å². The van der Waals surface area contributed by atoms with Crippen molar-refractivity contribution in [2.24, 2.45) is 5.41 Å². The lowest BCUT2D eigenvalue weighted by Crippen LogP contribution is -2.34. The number of pyridine rings is 1. The first kappa shape index (κ1) is 17.9. The number of hydrogen-bond acceptors (Lipinski definition) is 5. The Morgan fingerprint density at radius 2 is 1.73 bits per heavy atom. The Morgan fingerprint density at radius 3 is 2.42 bits per heavy atom. The number of anilines is 1. The van der Waals surface area contributed by atoms with Gasteiger partial charge in [0, 0.05) is 42.1 Å². The number of aromatic nitrogens is 1. The predicted molar refractivity (Wildman–Crippen MR) is 101 cm³/mol. The average Bonchev–Trinajstić information content (AvgIpc) is 2.63. The molecule has 2 aromatic rings. The summed E-state index contributed by atoms with van der Waals surface area (Å²) in [5.41, 5.74) is 8.95. The van der Waals surface area contributed by atoms with E-state index in [0.717, 1.165) is 11.4 Å². The minimum atomic E-state index is -0.140. The van der Waals surface area contributed by atoms with E-state index in [0.29, 0.717) is 24.0 Å². The molecule has 0 amide bonds. The highest BCUT2D eigenvalue weighted by Gasteiger charge is 2.33. The van der Waals surface area contributed by atoms with Gasteiger partial charge in [0.1, 0.15) is 0 Å². The SMILES string of the molecule is CC1(C)CC(=O)C(CC(=O)c2ccccc2)=C(NNc2ccncc2)C1. The van der Waals surface area contributed by atoms with Gasteiger partial charge in [-0.1, -0.05) is 44.2 Å². The van der Waals surface area contributed by atoms with Crippen LogP contribution in [0.1, 0.15) is 43.5 Å². The van der Waals surface area contributed by atoms with Gasteiger partial charge in [0.25, 0.3) is 0 Å². The Hall–Kier alpha value is -2.95. The molecule has 0 atom stereocenters. The normalized spacial score (nSPS) is 16.3. The summed E-state index contributed by atoms with van der Waals surface area (Å²) in [6.45, 7) is 4.13. The lowest BCUT2D eigenvalue weighted by Gasteiger charge is -2.32. The van der Waals surface area contributed by atoms with Gasteiger partial charge in [0.2, 0.25) is 0 Å². The minimum absolute atomic E-state index is 0.0320. The van der Waals surface area contributed by atoms with Crippen molar-refractivity contribution < 1.29 is 9.59 Å². The predicted octanol–water partition coefficient (Wildman–Crippen LogP) is 3.91. The second-order valence-corrected chi connectivity index (χ2v) is 7.35. The molecule has 1 aromatic carbocycles. The van der Waals surface area contributed by atoms with Crippen LogP contribution in [0.3, 0.4) is 0 Å². The third kappa shape index (κ3) is 4.36. The third-order valence-corrected chi connectivity index (χ3v) is 4.47. The number of hydrazine groups is 1. The van der Waals surface area contributed by atoms with Crippen LogP contribution in [-0.4, -0.2) is 16.6 Å². The lowest BCUT2D eigenvalue weighted by molar-refractivity contribution is -0.118. The maximum absolute atomic E-state index is 12.7. The van der Waals surface area contributed by atoms with Crippen molar-refractivity contribution in [3.8, 4) is 0 Å². The van der Waals surface area contributed by atoms with Gasteiger partial charge in [-0.2, -0.15) is 0 Å². The molecule has 0 aliphatic heterocycles. The third-order valence-electron chi connectivity index (χ3n) is 4.47. The standard InChI is InChI=1S/C21H23N3O2/c1-21(2)13-18(24-23-16-8-10-22-11-9-16)17(20(26)14-21)12-19(25)15-6-4-3-5-7-15/h3-11,24H,12-14H2,1-2H3,(H,22,23). The first-order valence-corrected chi connectivity index (χ1v) is 8.70. The molecule has 0 radical (unpaired) electrons. The zero-order chi connectivity index (χ0) is 18.6. The molecular formula is C21H23N3O2. The van der Waals surface area contributed by atoms with Crippen LogP contribution in [0.25, 0.3) is 0 Å². The number of carbonyl (C=O) groups excluding carboxylic acids is 2. The fourth-order valence-electron chi connectivity index (χ4n) is 3.15. The summed E-state index contributed by atoms with van der Waals surface area (Å²) in [7, 11) is 0. The number of rotatable bonds is 6. The van der Waals surface area contributed by atoms with Crippen LogP contribution < -0.4 is 10.9 Å². The summed E-state index contributed by atoms with van der Waals surface area (Å²) < 4.78 is 0. The average molecular weight is 349 g/mol. The Labute approximate surface area is 153 Å². The molecule has 0 bridgehead atoms. The maximum Gasteiger partial charge on any atom is 0.167 e. The highest BCUT2D eigenvalue weighted by atomic mass is 16.1. The fourth-order valence-corrected chi connectivity index (χ4v) is 3.15. The number of carbonyl (C=O) groups is 2. The molecule has 1 aliphatic rings. The monoisotopic (exact) mass is 349 g/mol. The molecule has 0 spiro atoms. The van der Waals surface area contributed by atoms with Gasteiger partial charge >= 0.3 is 0 Å². The lowest BCUT2D eigenvalue weighted by atomic mass is 9.75. The van der Waals surface area contributed by atoms with Crippen molar-refractivity contribution in [1.82, 2.24) is 10.4 Å². The van der Waals surface area contributed by atoms with Crippen LogP contribution in [0, 0.1) is 5.41 Å². The van der Waals surface area contributed by atoms with Crippen molar-refractivity contribution in [3.63, 3.8) is 0 Å². The molecule has 3 rings (SSSR count).